The van der Waals surface area contributed by atoms with E-state index in [-0.39, 0.29) is 18.6 Å². The highest BCUT2D eigenvalue weighted by Gasteiger charge is 2.14. The number of hydrogen-bond donors (Lipinski definition) is 1. The van der Waals surface area contributed by atoms with Gasteiger partial charge in [-0.1, -0.05) is 42.5 Å². The summed E-state index contributed by atoms with van der Waals surface area (Å²) in [6, 6.07) is 20.3. The summed E-state index contributed by atoms with van der Waals surface area (Å²) in [5.74, 6) is -0.254. The SMILES string of the molecule is COc1ccc(C(=O)OCC(=O)N[C@@H](C)c2cccc3ccccc23)cc1. The number of carbonyl (C=O) groups is 2. The minimum atomic E-state index is -0.550. The maximum atomic E-state index is 12.2. The lowest BCUT2D eigenvalue weighted by Gasteiger charge is -2.16. The first-order chi connectivity index (χ1) is 13.1. The number of carbonyl (C=O) groups excluding carboxylic acids is 2. The van der Waals surface area contributed by atoms with E-state index < -0.39 is 5.97 Å². The largest absolute Gasteiger partial charge is 0.497 e. The number of esters is 1. The van der Waals surface area contributed by atoms with Crippen molar-refractivity contribution in [1.82, 2.24) is 5.32 Å². The highest BCUT2D eigenvalue weighted by atomic mass is 16.5. The van der Waals surface area contributed by atoms with Gasteiger partial charge < -0.3 is 14.8 Å². The van der Waals surface area contributed by atoms with E-state index in [4.69, 9.17) is 9.47 Å². The normalized spacial score (nSPS) is 11.6. The molecule has 138 valence electrons. The Balaban J connectivity index is 1.59. The molecule has 1 N–H and O–H groups in total. The Labute approximate surface area is 157 Å². The summed E-state index contributed by atoms with van der Waals surface area (Å²) < 4.78 is 10.1. The summed E-state index contributed by atoms with van der Waals surface area (Å²) in [6.45, 7) is 1.57. The first-order valence-electron chi connectivity index (χ1n) is 8.66. The molecule has 0 heterocycles. The minimum Gasteiger partial charge on any atom is -0.497 e. The van der Waals surface area contributed by atoms with Crippen LogP contribution in [0.3, 0.4) is 0 Å². The van der Waals surface area contributed by atoms with Crippen LogP contribution in [0.5, 0.6) is 5.75 Å². The van der Waals surface area contributed by atoms with Gasteiger partial charge in [0.1, 0.15) is 5.75 Å². The molecule has 0 bridgehead atoms. The van der Waals surface area contributed by atoms with Gasteiger partial charge in [0.05, 0.1) is 18.7 Å². The molecule has 5 heteroatoms. The molecule has 0 spiro atoms. The predicted octanol–water partition coefficient (Wildman–Crippen LogP) is 3.88. The Morgan fingerprint density at radius 2 is 1.67 bits per heavy atom. The molecular formula is C22H21NO4. The van der Waals surface area contributed by atoms with Crippen molar-refractivity contribution in [3.05, 3.63) is 77.9 Å². The smallest absolute Gasteiger partial charge is 0.338 e. The third-order valence-corrected chi connectivity index (χ3v) is 4.33. The highest BCUT2D eigenvalue weighted by Crippen LogP contribution is 2.24. The van der Waals surface area contributed by atoms with Crippen molar-refractivity contribution >= 4 is 22.6 Å². The fourth-order valence-electron chi connectivity index (χ4n) is 2.93. The van der Waals surface area contributed by atoms with Crippen LogP contribution in [0.1, 0.15) is 28.9 Å². The summed E-state index contributed by atoms with van der Waals surface area (Å²) in [7, 11) is 1.55. The second kappa shape index (κ2) is 8.36. The molecule has 0 aliphatic heterocycles. The van der Waals surface area contributed by atoms with Crippen molar-refractivity contribution in [3.8, 4) is 5.75 Å². The minimum absolute atomic E-state index is 0.205. The van der Waals surface area contributed by atoms with Gasteiger partial charge in [-0.15, -0.1) is 0 Å². The van der Waals surface area contributed by atoms with Crippen molar-refractivity contribution in [2.45, 2.75) is 13.0 Å². The molecule has 3 aromatic rings. The van der Waals surface area contributed by atoms with Crippen LogP contribution >= 0.6 is 0 Å². The highest BCUT2D eigenvalue weighted by molar-refractivity contribution is 5.91. The van der Waals surface area contributed by atoms with Crippen molar-refractivity contribution in [1.29, 1.82) is 0 Å². The van der Waals surface area contributed by atoms with Gasteiger partial charge in [-0.25, -0.2) is 4.79 Å². The summed E-state index contributed by atoms with van der Waals surface area (Å²) in [4.78, 5) is 24.2. The standard InChI is InChI=1S/C22H21NO4/c1-15(19-9-5-7-16-6-3-4-8-20(16)19)23-21(24)14-27-22(25)17-10-12-18(26-2)13-11-17/h3-13,15H,14H2,1-2H3,(H,23,24)/t15-/m0/s1. The maximum absolute atomic E-state index is 12.2. The van der Waals surface area contributed by atoms with Gasteiger partial charge in [0.15, 0.2) is 6.61 Å². The van der Waals surface area contributed by atoms with E-state index in [1.807, 2.05) is 49.4 Å². The lowest BCUT2D eigenvalue weighted by atomic mass is 10.00. The van der Waals surface area contributed by atoms with Crippen LogP contribution in [0, 0.1) is 0 Å². The summed E-state index contributed by atoms with van der Waals surface area (Å²) in [5.41, 5.74) is 1.38. The van der Waals surface area contributed by atoms with Crippen LogP contribution < -0.4 is 10.1 Å². The fraction of sp³-hybridized carbons (Fsp3) is 0.182. The molecule has 0 saturated heterocycles. The monoisotopic (exact) mass is 363 g/mol. The van der Waals surface area contributed by atoms with E-state index in [2.05, 4.69) is 5.32 Å². The number of methoxy groups -OCH3 is 1. The van der Waals surface area contributed by atoms with Crippen molar-refractivity contribution in [3.63, 3.8) is 0 Å². The van der Waals surface area contributed by atoms with Gasteiger partial charge in [-0.3, -0.25) is 4.79 Å². The zero-order valence-corrected chi connectivity index (χ0v) is 15.3. The quantitative estimate of drug-likeness (QED) is 0.675. The summed E-state index contributed by atoms with van der Waals surface area (Å²) in [5, 5.41) is 5.08. The summed E-state index contributed by atoms with van der Waals surface area (Å²) in [6.07, 6.45) is 0. The average Bonchev–Trinajstić information content (AvgIpc) is 2.71. The molecule has 1 amide bonds. The molecule has 3 aromatic carbocycles. The van der Waals surface area contributed by atoms with Crippen LogP contribution in [0.2, 0.25) is 0 Å². The third-order valence-electron chi connectivity index (χ3n) is 4.33. The van der Waals surface area contributed by atoms with Gasteiger partial charge in [0, 0.05) is 0 Å². The molecule has 3 rings (SSSR count). The average molecular weight is 363 g/mol. The van der Waals surface area contributed by atoms with Crippen LogP contribution in [0.4, 0.5) is 0 Å². The fourth-order valence-corrected chi connectivity index (χ4v) is 2.93. The van der Waals surface area contributed by atoms with Gasteiger partial charge in [0.2, 0.25) is 0 Å². The molecule has 0 aromatic heterocycles. The van der Waals surface area contributed by atoms with Gasteiger partial charge in [0.25, 0.3) is 5.91 Å². The Hall–Kier alpha value is -3.34. The van der Waals surface area contributed by atoms with E-state index >= 15 is 0 Å². The molecule has 0 aliphatic rings. The zero-order valence-electron chi connectivity index (χ0n) is 15.3. The van der Waals surface area contributed by atoms with Gasteiger partial charge in [-0.05, 0) is 47.5 Å². The van der Waals surface area contributed by atoms with E-state index in [9.17, 15) is 9.59 Å². The zero-order chi connectivity index (χ0) is 19.2. The molecule has 0 unspecified atom stereocenters. The first-order valence-corrected chi connectivity index (χ1v) is 8.66. The van der Waals surface area contributed by atoms with Crippen LogP contribution in [0.15, 0.2) is 66.7 Å². The predicted molar refractivity (Wildman–Crippen MR) is 104 cm³/mol. The second-order valence-corrected chi connectivity index (χ2v) is 6.16. The van der Waals surface area contributed by atoms with E-state index in [1.54, 1.807) is 31.4 Å². The van der Waals surface area contributed by atoms with Crippen molar-refractivity contribution in [2.24, 2.45) is 0 Å². The van der Waals surface area contributed by atoms with E-state index in [0.717, 1.165) is 16.3 Å². The van der Waals surface area contributed by atoms with Gasteiger partial charge in [-0.2, -0.15) is 0 Å². The number of benzene rings is 3. The summed E-state index contributed by atoms with van der Waals surface area (Å²) >= 11 is 0. The van der Waals surface area contributed by atoms with Crippen molar-refractivity contribution < 1.29 is 19.1 Å². The topological polar surface area (TPSA) is 64.6 Å². The van der Waals surface area contributed by atoms with Crippen molar-refractivity contribution in [2.75, 3.05) is 13.7 Å². The third kappa shape index (κ3) is 4.44. The molecule has 0 saturated carbocycles. The molecule has 0 aliphatic carbocycles. The molecule has 27 heavy (non-hydrogen) atoms. The Bertz CT molecular complexity index is 945. The second-order valence-electron chi connectivity index (χ2n) is 6.16. The lowest BCUT2D eigenvalue weighted by molar-refractivity contribution is -0.124. The molecule has 0 fully saturated rings. The number of fused-ring (bicyclic) bond motifs is 1. The Morgan fingerprint density at radius 3 is 2.41 bits per heavy atom. The van der Waals surface area contributed by atoms with Gasteiger partial charge >= 0.3 is 5.97 Å². The van der Waals surface area contributed by atoms with Crippen LogP contribution in [0.25, 0.3) is 10.8 Å². The number of nitrogens with one attached hydrogen (secondary N) is 1. The van der Waals surface area contributed by atoms with Crippen LogP contribution in [-0.2, 0) is 9.53 Å². The van der Waals surface area contributed by atoms with E-state index in [1.165, 1.54) is 0 Å². The maximum Gasteiger partial charge on any atom is 0.338 e. The Morgan fingerprint density at radius 1 is 0.963 bits per heavy atom. The Kier molecular flexibility index (Phi) is 5.71. The number of amides is 1. The molecular weight excluding hydrogens is 342 g/mol. The molecule has 1 atom stereocenters. The molecule has 5 nitrogen and oxygen atoms in total. The lowest BCUT2D eigenvalue weighted by Crippen LogP contribution is -2.31. The number of rotatable bonds is 6. The number of hydrogen-bond acceptors (Lipinski definition) is 4. The number of ether oxygens (including phenoxy) is 2. The first kappa shape index (κ1) is 18.5. The van der Waals surface area contributed by atoms with Crippen LogP contribution in [-0.4, -0.2) is 25.6 Å². The molecule has 0 radical (unpaired) electrons. The van der Waals surface area contributed by atoms with E-state index in [0.29, 0.717) is 11.3 Å².